The lowest BCUT2D eigenvalue weighted by Gasteiger charge is -2.01. The Kier molecular flexibility index (Phi) is 4.70. The van der Waals surface area contributed by atoms with Gasteiger partial charge in [-0.25, -0.2) is 14.6 Å². The van der Waals surface area contributed by atoms with Crippen LogP contribution in [-0.4, -0.2) is 30.1 Å². The zero-order chi connectivity index (χ0) is 12.1. The van der Waals surface area contributed by atoms with Crippen molar-refractivity contribution in [2.24, 2.45) is 0 Å². The zero-order valence-corrected chi connectivity index (χ0v) is 10.4. The maximum absolute atomic E-state index is 11.5. The fraction of sp³-hybridized carbons (Fsp3) is 0.444. The van der Waals surface area contributed by atoms with E-state index in [0.717, 1.165) is 11.3 Å². The largest absolute Gasteiger partial charge is 0.462 e. The van der Waals surface area contributed by atoms with E-state index in [0.29, 0.717) is 0 Å². The van der Waals surface area contributed by atoms with E-state index in [1.54, 1.807) is 13.8 Å². The standard InChI is InChI=1S/C9H10ClNO4S/c1-3-14-7(12)5-6(8(13)15-4-2)16-9(10)11-5/h3-4H2,1-2H3. The number of thiazole rings is 1. The van der Waals surface area contributed by atoms with Crippen molar-refractivity contribution >= 4 is 34.9 Å². The summed E-state index contributed by atoms with van der Waals surface area (Å²) in [5.41, 5.74) is -0.0877. The maximum Gasteiger partial charge on any atom is 0.358 e. The number of hydrogen-bond donors (Lipinski definition) is 0. The topological polar surface area (TPSA) is 65.5 Å². The lowest BCUT2D eigenvalue weighted by atomic mass is 10.3. The predicted molar refractivity (Wildman–Crippen MR) is 59.0 cm³/mol. The number of esters is 2. The minimum absolute atomic E-state index is 0.0744. The number of carbonyl (C=O) groups is 2. The fourth-order valence-electron chi connectivity index (χ4n) is 0.967. The second-order valence-corrected chi connectivity index (χ2v) is 4.17. The first-order valence-corrected chi connectivity index (χ1v) is 5.80. The summed E-state index contributed by atoms with van der Waals surface area (Å²) in [4.78, 5) is 26.7. The molecule has 1 heterocycles. The van der Waals surface area contributed by atoms with Crippen LogP contribution >= 0.6 is 22.9 Å². The Hall–Kier alpha value is -1.14. The molecular weight excluding hydrogens is 254 g/mol. The van der Waals surface area contributed by atoms with E-state index in [1.165, 1.54) is 0 Å². The minimum Gasteiger partial charge on any atom is -0.462 e. The third-order valence-corrected chi connectivity index (χ3v) is 2.67. The molecule has 16 heavy (non-hydrogen) atoms. The first kappa shape index (κ1) is 12.9. The van der Waals surface area contributed by atoms with Gasteiger partial charge in [-0.05, 0) is 13.8 Å². The van der Waals surface area contributed by atoms with Crippen molar-refractivity contribution in [2.75, 3.05) is 13.2 Å². The molecule has 0 bridgehead atoms. The molecule has 0 aromatic carbocycles. The number of hydrogen-bond acceptors (Lipinski definition) is 6. The molecular formula is C9H10ClNO4S. The molecule has 1 aromatic heterocycles. The molecule has 1 rings (SSSR count). The van der Waals surface area contributed by atoms with Crippen LogP contribution in [0.1, 0.15) is 34.0 Å². The summed E-state index contributed by atoms with van der Waals surface area (Å²) in [6, 6.07) is 0. The average Bonchev–Trinajstić information content (AvgIpc) is 2.61. The fourth-order valence-corrected chi connectivity index (χ4v) is 1.96. The summed E-state index contributed by atoms with van der Waals surface area (Å²) in [6.45, 7) is 3.76. The Morgan fingerprint density at radius 2 is 1.81 bits per heavy atom. The molecule has 0 aliphatic carbocycles. The molecule has 0 saturated heterocycles. The highest BCUT2D eigenvalue weighted by atomic mass is 35.5. The van der Waals surface area contributed by atoms with Crippen molar-refractivity contribution in [3.05, 3.63) is 15.0 Å². The summed E-state index contributed by atoms with van der Waals surface area (Å²) < 4.78 is 9.63. The van der Waals surface area contributed by atoms with Gasteiger partial charge in [-0.15, -0.1) is 0 Å². The van der Waals surface area contributed by atoms with Crippen molar-refractivity contribution in [2.45, 2.75) is 13.8 Å². The molecule has 0 atom stereocenters. The van der Waals surface area contributed by atoms with Gasteiger partial charge in [-0.2, -0.15) is 0 Å². The van der Waals surface area contributed by atoms with E-state index in [-0.39, 0.29) is 28.3 Å². The third-order valence-electron chi connectivity index (χ3n) is 1.53. The molecule has 0 N–H and O–H groups in total. The predicted octanol–water partition coefficient (Wildman–Crippen LogP) is 2.15. The van der Waals surface area contributed by atoms with Gasteiger partial charge >= 0.3 is 11.9 Å². The molecule has 1 aromatic rings. The van der Waals surface area contributed by atoms with Gasteiger partial charge in [-0.1, -0.05) is 22.9 Å². The van der Waals surface area contributed by atoms with E-state index < -0.39 is 11.9 Å². The summed E-state index contributed by atoms with van der Waals surface area (Å²) in [6.07, 6.45) is 0. The summed E-state index contributed by atoms with van der Waals surface area (Å²) in [5.74, 6) is -1.29. The molecule has 0 radical (unpaired) electrons. The number of nitrogens with zero attached hydrogens (tertiary/aromatic N) is 1. The lowest BCUT2D eigenvalue weighted by Crippen LogP contribution is -2.12. The van der Waals surface area contributed by atoms with E-state index in [2.05, 4.69) is 4.98 Å². The SMILES string of the molecule is CCOC(=O)c1nc(Cl)sc1C(=O)OCC. The van der Waals surface area contributed by atoms with Crippen molar-refractivity contribution < 1.29 is 19.1 Å². The lowest BCUT2D eigenvalue weighted by molar-refractivity contribution is 0.0479. The maximum atomic E-state index is 11.5. The molecule has 88 valence electrons. The Balaban J connectivity index is 2.99. The van der Waals surface area contributed by atoms with Gasteiger partial charge in [0.25, 0.3) is 0 Å². The molecule has 5 nitrogen and oxygen atoms in total. The van der Waals surface area contributed by atoms with Crippen molar-refractivity contribution in [1.82, 2.24) is 4.98 Å². The van der Waals surface area contributed by atoms with E-state index >= 15 is 0 Å². The first-order valence-electron chi connectivity index (χ1n) is 4.60. The van der Waals surface area contributed by atoms with E-state index in [9.17, 15) is 9.59 Å². The zero-order valence-electron chi connectivity index (χ0n) is 8.78. The minimum atomic E-state index is -0.672. The third kappa shape index (κ3) is 2.93. The van der Waals surface area contributed by atoms with Gasteiger partial charge in [0, 0.05) is 0 Å². The molecule has 0 spiro atoms. The van der Waals surface area contributed by atoms with Gasteiger partial charge in [0.1, 0.15) is 4.88 Å². The quantitative estimate of drug-likeness (QED) is 0.779. The van der Waals surface area contributed by atoms with Crippen LogP contribution in [0.15, 0.2) is 0 Å². The van der Waals surface area contributed by atoms with Crippen molar-refractivity contribution in [1.29, 1.82) is 0 Å². The smallest absolute Gasteiger partial charge is 0.358 e. The highest BCUT2D eigenvalue weighted by Crippen LogP contribution is 2.24. The molecule has 0 aliphatic rings. The van der Waals surface area contributed by atoms with Crippen LogP contribution in [0.2, 0.25) is 4.47 Å². The van der Waals surface area contributed by atoms with Crippen LogP contribution in [0.25, 0.3) is 0 Å². The second-order valence-electron chi connectivity index (χ2n) is 2.59. The molecule has 7 heteroatoms. The van der Waals surface area contributed by atoms with Gasteiger partial charge in [0.05, 0.1) is 13.2 Å². The highest BCUT2D eigenvalue weighted by Gasteiger charge is 2.24. The summed E-state index contributed by atoms with van der Waals surface area (Å²) >= 11 is 6.54. The molecule has 0 saturated carbocycles. The molecule has 0 aliphatic heterocycles. The Morgan fingerprint density at radius 3 is 2.38 bits per heavy atom. The van der Waals surface area contributed by atoms with Crippen LogP contribution in [-0.2, 0) is 9.47 Å². The Morgan fingerprint density at radius 1 is 1.25 bits per heavy atom. The van der Waals surface area contributed by atoms with Crippen molar-refractivity contribution in [3.8, 4) is 0 Å². The summed E-state index contributed by atoms with van der Waals surface area (Å²) in [7, 11) is 0. The first-order chi connectivity index (χ1) is 7.60. The highest BCUT2D eigenvalue weighted by molar-refractivity contribution is 7.17. The van der Waals surface area contributed by atoms with Crippen LogP contribution in [0.5, 0.6) is 0 Å². The number of aromatic nitrogens is 1. The number of halogens is 1. The van der Waals surface area contributed by atoms with Crippen LogP contribution in [0, 0.1) is 0 Å². The molecule has 0 unspecified atom stereocenters. The average molecular weight is 264 g/mol. The Bertz CT molecular complexity index is 369. The van der Waals surface area contributed by atoms with Crippen molar-refractivity contribution in [3.63, 3.8) is 0 Å². The molecule has 0 amide bonds. The van der Waals surface area contributed by atoms with Crippen LogP contribution < -0.4 is 0 Å². The van der Waals surface area contributed by atoms with Gasteiger partial charge in [-0.3, -0.25) is 0 Å². The molecule has 0 fully saturated rings. The normalized spacial score (nSPS) is 9.94. The van der Waals surface area contributed by atoms with Gasteiger partial charge in [0.15, 0.2) is 10.2 Å². The Labute approximate surface area is 101 Å². The van der Waals surface area contributed by atoms with Crippen LogP contribution in [0.3, 0.4) is 0 Å². The van der Waals surface area contributed by atoms with E-state index in [4.69, 9.17) is 21.1 Å². The van der Waals surface area contributed by atoms with Gasteiger partial charge < -0.3 is 9.47 Å². The second kappa shape index (κ2) is 5.81. The van der Waals surface area contributed by atoms with Gasteiger partial charge in [0.2, 0.25) is 0 Å². The monoisotopic (exact) mass is 263 g/mol. The number of ether oxygens (including phenoxy) is 2. The number of carbonyl (C=O) groups excluding carboxylic acids is 2. The summed E-state index contributed by atoms with van der Waals surface area (Å²) in [5, 5.41) is 0. The number of rotatable bonds is 4. The van der Waals surface area contributed by atoms with E-state index in [1.807, 2.05) is 0 Å². The van der Waals surface area contributed by atoms with Crippen LogP contribution in [0.4, 0.5) is 0 Å².